The highest BCUT2D eigenvalue weighted by molar-refractivity contribution is 5.80. The summed E-state index contributed by atoms with van der Waals surface area (Å²) >= 11 is 0. The third-order valence-electron chi connectivity index (χ3n) is 3.17. The van der Waals surface area contributed by atoms with Crippen molar-refractivity contribution in [2.45, 2.75) is 0 Å². The molecular weight excluding hydrogens is 264 g/mol. The molecule has 0 unspecified atom stereocenters. The van der Waals surface area contributed by atoms with E-state index in [1.807, 2.05) is 36.4 Å². The average Bonchev–Trinajstić information content (AvgIpc) is 2.53. The highest BCUT2D eigenvalue weighted by atomic mass is 16.5. The van der Waals surface area contributed by atoms with E-state index in [0.717, 1.165) is 5.56 Å². The van der Waals surface area contributed by atoms with E-state index in [0.29, 0.717) is 22.5 Å². The Hall–Kier alpha value is -2.88. The molecule has 0 atom stereocenters. The number of methoxy groups -OCH3 is 1. The lowest BCUT2D eigenvalue weighted by molar-refractivity contribution is 0.415. The van der Waals surface area contributed by atoms with Crippen molar-refractivity contribution in [2.75, 3.05) is 7.11 Å². The summed E-state index contributed by atoms with van der Waals surface area (Å²) in [4.78, 5) is 19.2. The minimum absolute atomic E-state index is 0.157. The van der Waals surface area contributed by atoms with Gasteiger partial charge in [0.15, 0.2) is 0 Å². The Balaban J connectivity index is 2.03. The predicted octanol–water partition coefficient (Wildman–Crippen LogP) is 3.10. The molecule has 0 aliphatic rings. The van der Waals surface area contributed by atoms with E-state index >= 15 is 0 Å². The van der Waals surface area contributed by atoms with Crippen molar-refractivity contribution >= 4 is 23.1 Å². The second kappa shape index (κ2) is 5.63. The summed E-state index contributed by atoms with van der Waals surface area (Å²) in [6.07, 6.45) is 3.69. The van der Waals surface area contributed by atoms with Crippen LogP contribution in [0.5, 0.6) is 5.75 Å². The first kappa shape index (κ1) is 13.1. The van der Waals surface area contributed by atoms with Gasteiger partial charge in [0, 0.05) is 6.07 Å². The van der Waals surface area contributed by atoms with Gasteiger partial charge < -0.3 is 9.72 Å². The van der Waals surface area contributed by atoms with Crippen molar-refractivity contribution < 1.29 is 4.74 Å². The van der Waals surface area contributed by atoms with E-state index in [2.05, 4.69) is 9.97 Å². The topological polar surface area (TPSA) is 55.0 Å². The number of nitrogens with one attached hydrogen (secondary N) is 1. The number of benzene rings is 2. The molecule has 3 rings (SSSR count). The molecule has 0 spiro atoms. The van der Waals surface area contributed by atoms with E-state index in [1.54, 1.807) is 31.4 Å². The summed E-state index contributed by atoms with van der Waals surface area (Å²) in [5, 5.41) is 0.549. The van der Waals surface area contributed by atoms with Gasteiger partial charge in [0.05, 0.1) is 18.0 Å². The first-order valence-corrected chi connectivity index (χ1v) is 6.57. The Labute approximate surface area is 121 Å². The summed E-state index contributed by atoms with van der Waals surface area (Å²) in [6, 6.07) is 15.1. The summed E-state index contributed by atoms with van der Waals surface area (Å²) in [6.45, 7) is 0. The van der Waals surface area contributed by atoms with Crippen molar-refractivity contribution in [1.29, 1.82) is 0 Å². The molecule has 0 amide bonds. The van der Waals surface area contributed by atoms with Crippen LogP contribution in [0.15, 0.2) is 53.3 Å². The number of ether oxygens (including phenoxy) is 1. The maximum Gasteiger partial charge on any atom is 0.259 e. The minimum atomic E-state index is -0.157. The van der Waals surface area contributed by atoms with Crippen LogP contribution in [0.2, 0.25) is 0 Å². The lowest BCUT2D eigenvalue weighted by Crippen LogP contribution is -2.09. The molecule has 1 aromatic heterocycles. The molecule has 0 saturated heterocycles. The number of nitrogens with zero attached hydrogens (tertiary/aromatic N) is 1. The fourth-order valence-electron chi connectivity index (χ4n) is 2.08. The van der Waals surface area contributed by atoms with Gasteiger partial charge >= 0.3 is 0 Å². The Morgan fingerprint density at radius 2 is 1.90 bits per heavy atom. The zero-order valence-electron chi connectivity index (χ0n) is 11.5. The summed E-state index contributed by atoms with van der Waals surface area (Å²) in [7, 11) is 1.59. The molecule has 4 nitrogen and oxygen atoms in total. The van der Waals surface area contributed by atoms with Crippen LogP contribution < -0.4 is 10.3 Å². The van der Waals surface area contributed by atoms with Crippen molar-refractivity contribution in [3.8, 4) is 5.75 Å². The van der Waals surface area contributed by atoms with Crippen LogP contribution in [-0.2, 0) is 0 Å². The quantitative estimate of drug-likeness (QED) is 0.801. The molecule has 4 heteroatoms. The number of H-pyrrole nitrogens is 1. The van der Waals surface area contributed by atoms with Gasteiger partial charge in [0.25, 0.3) is 5.56 Å². The zero-order chi connectivity index (χ0) is 14.7. The number of fused-ring (bicyclic) bond motifs is 1. The molecular formula is C17H14N2O2. The summed E-state index contributed by atoms with van der Waals surface area (Å²) in [5.74, 6) is 1.20. The number of hydrogen-bond acceptors (Lipinski definition) is 3. The molecule has 0 radical (unpaired) electrons. The van der Waals surface area contributed by atoms with E-state index in [1.165, 1.54) is 0 Å². The lowest BCUT2D eigenvalue weighted by Gasteiger charge is -2.02. The Kier molecular flexibility index (Phi) is 3.51. The second-order valence-electron chi connectivity index (χ2n) is 4.58. The maximum absolute atomic E-state index is 12.0. The molecule has 0 aliphatic heterocycles. The SMILES string of the molecule is COc1ccc2c(=O)[nH]c(/C=C/c3ccccc3)nc2c1. The van der Waals surface area contributed by atoms with Crippen LogP contribution in [0, 0.1) is 0 Å². The average molecular weight is 278 g/mol. The largest absolute Gasteiger partial charge is 0.497 e. The first-order valence-electron chi connectivity index (χ1n) is 6.57. The van der Waals surface area contributed by atoms with Crippen LogP contribution in [-0.4, -0.2) is 17.1 Å². The maximum atomic E-state index is 12.0. The van der Waals surface area contributed by atoms with Gasteiger partial charge in [-0.2, -0.15) is 0 Å². The molecule has 3 aromatic rings. The molecule has 104 valence electrons. The van der Waals surface area contributed by atoms with Crippen LogP contribution in [0.3, 0.4) is 0 Å². The minimum Gasteiger partial charge on any atom is -0.497 e. The molecule has 0 fully saturated rings. The third kappa shape index (κ3) is 2.84. The highest BCUT2D eigenvalue weighted by Gasteiger charge is 2.03. The van der Waals surface area contributed by atoms with Crippen molar-refractivity contribution in [2.24, 2.45) is 0 Å². The van der Waals surface area contributed by atoms with Gasteiger partial charge in [-0.05, 0) is 23.8 Å². The summed E-state index contributed by atoms with van der Waals surface area (Å²) < 4.78 is 5.16. The van der Waals surface area contributed by atoms with E-state index in [9.17, 15) is 4.79 Å². The fraction of sp³-hybridized carbons (Fsp3) is 0.0588. The molecule has 1 heterocycles. The Morgan fingerprint density at radius 3 is 2.67 bits per heavy atom. The van der Waals surface area contributed by atoms with Crippen LogP contribution in [0.1, 0.15) is 11.4 Å². The lowest BCUT2D eigenvalue weighted by atomic mass is 10.2. The molecule has 21 heavy (non-hydrogen) atoms. The standard InChI is InChI=1S/C17H14N2O2/c1-21-13-8-9-14-15(11-13)18-16(19-17(14)20)10-7-12-5-3-2-4-6-12/h2-11H,1H3,(H,18,19,20)/b10-7+. The van der Waals surface area contributed by atoms with Gasteiger partial charge in [0.2, 0.25) is 0 Å². The smallest absolute Gasteiger partial charge is 0.259 e. The molecule has 0 aliphatic carbocycles. The molecule has 2 aromatic carbocycles. The number of hydrogen-bond donors (Lipinski definition) is 1. The van der Waals surface area contributed by atoms with Gasteiger partial charge in [-0.1, -0.05) is 36.4 Å². The van der Waals surface area contributed by atoms with E-state index < -0.39 is 0 Å². The van der Waals surface area contributed by atoms with Crippen LogP contribution in [0.4, 0.5) is 0 Å². The molecule has 1 N–H and O–H groups in total. The third-order valence-corrected chi connectivity index (χ3v) is 3.17. The summed E-state index contributed by atoms with van der Waals surface area (Å²) in [5.41, 5.74) is 1.51. The second-order valence-corrected chi connectivity index (χ2v) is 4.58. The number of aromatic amines is 1. The van der Waals surface area contributed by atoms with Gasteiger partial charge in [-0.3, -0.25) is 4.79 Å². The van der Waals surface area contributed by atoms with E-state index in [-0.39, 0.29) is 5.56 Å². The van der Waals surface area contributed by atoms with E-state index in [4.69, 9.17) is 4.74 Å². The highest BCUT2D eigenvalue weighted by Crippen LogP contribution is 2.16. The molecule has 0 saturated carbocycles. The Bertz CT molecular complexity index is 852. The van der Waals surface area contributed by atoms with Crippen molar-refractivity contribution in [3.63, 3.8) is 0 Å². The first-order chi connectivity index (χ1) is 10.3. The van der Waals surface area contributed by atoms with Crippen molar-refractivity contribution in [3.05, 3.63) is 70.3 Å². The monoisotopic (exact) mass is 278 g/mol. The number of rotatable bonds is 3. The van der Waals surface area contributed by atoms with Gasteiger partial charge in [-0.15, -0.1) is 0 Å². The number of aromatic nitrogens is 2. The predicted molar refractivity (Wildman–Crippen MR) is 84.3 cm³/mol. The van der Waals surface area contributed by atoms with Gasteiger partial charge in [-0.25, -0.2) is 4.98 Å². The molecule has 0 bridgehead atoms. The zero-order valence-corrected chi connectivity index (χ0v) is 11.5. The van der Waals surface area contributed by atoms with Crippen LogP contribution in [0.25, 0.3) is 23.1 Å². The Morgan fingerprint density at radius 1 is 1.10 bits per heavy atom. The van der Waals surface area contributed by atoms with Crippen LogP contribution >= 0.6 is 0 Å². The van der Waals surface area contributed by atoms with Gasteiger partial charge in [0.1, 0.15) is 11.6 Å². The normalized spacial score (nSPS) is 11.1. The fourth-order valence-corrected chi connectivity index (χ4v) is 2.08. The van der Waals surface area contributed by atoms with Crippen molar-refractivity contribution in [1.82, 2.24) is 9.97 Å².